The summed E-state index contributed by atoms with van der Waals surface area (Å²) in [4.78, 5) is 44.2. The Balaban J connectivity index is 1.36. The predicted octanol–water partition coefficient (Wildman–Crippen LogP) is 2.92. The lowest BCUT2D eigenvalue weighted by molar-refractivity contribution is -0.0305. The van der Waals surface area contributed by atoms with Crippen LogP contribution in [0.5, 0.6) is 0 Å². The van der Waals surface area contributed by atoms with E-state index < -0.39 is 17.3 Å². The van der Waals surface area contributed by atoms with Crippen LogP contribution in [0.2, 0.25) is 0 Å². The molecule has 2 aromatic heterocycles. The Morgan fingerprint density at radius 1 is 1.23 bits per heavy atom. The summed E-state index contributed by atoms with van der Waals surface area (Å²) in [5.74, 6) is 0. The Morgan fingerprint density at radius 2 is 1.95 bits per heavy atom. The molecule has 1 saturated heterocycles. The molecule has 12 nitrogen and oxygen atoms in total. The molecular weight excluding hydrogens is 504 g/mol. The summed E-state index contributed by atoms with van der Waals surface area (Å²) >= 11 is 0. The predicted molar refractivity (Wildman–Crippen MR) is 142 cm³/mol. The van der Waals surface area contributed by atoms with Crippen LogP contribution in [-0.4, -0.2) is 82.7 Å². The maximum absolute atomic E-state index is 13.2. The number of aryl methyl sites for hydroxylation is 1. The molecular formula is C27H34N6O6. The van der Waals surface area contributed by atoms with Gasteiger partial charge in [-0.2, -0.15) is 5.10 Å². The third-order valence-electron chi connectivity index (χ3n) is 7.56. The molecule has 3 heterocycles. The molecule has 0 saturated carbocycles. The van der Waals surface area contributed by atoms with E-state index in [0.29, 0.717) is 5.69 Å². The van der Waals surface area contributed by atoms with Gasteiger partial charge in [0.1, 0.15) is 11.9 Å². The molecule has 1 aliphatic carbocycles. The Kier molecular flexibility index (Phi) is 6.61. The molecule has 2 N–H and O–H groups in total. The minimum atomic E-state index is -1.20. The van der Waals surface area contributed by atoms with E-state index in [-0.39, 0.29) is 55.8 Å². The molecule has 3 aromatic rings. The van der Waals surface area contributed by atoms with Gasteiger partial charge in [0.15, 0.2) is 0 Å². The van der Waals surface area contributed by atoms with Crippen molar-refractivity contribution in [3.05, 3.63) is 52.2 Å². The minimum absolute atomic E-state index is 0.0103. The fourth-order valence-corrected chi connectivity index (χ4v) is 5.42. The minimum Gasteiger partial charge on any atom is -0.465 e. The molecule has 0 bridgehead atoms. The molecule has 0 radical (unpaired) electrons. The second-order valence-corrected chi connectivity index (χ2v) is 11.5. The lowest BCUT2D eigenvalue weighted by atomic mass is 9.91. The number of amides is 2. The number of ether oxygens (including phenoxy) is 1. The van der Waals surface area contributed by atoms with Crippen LogP contribution in [0.15, 0.2) is 35.5 Å². The number of carboxylic acid groups (broad SMARTS) is 1. The summed E-state index contributed by atoms with van der Waals surface area (Å²) < 4.78 is 8.37. The zero-order valence-electron chi connectivity index (χ0n) is 22.6. The second kappa shape index (κ2) is 9.67. The van der Waals surface area contributed by atoms with E-state index >= 15 is 0 Å². The third kappa shape index (κ3) is 5.20. The van der Waals surface area contributed by atoms with Crippen LogP contribution in [0, 0.1) is 0 Å². The molecule has 2 amide bonds. The van der Waals surface area contributed by atoms with Crippen molar-refractivity contribution >= 4 is 17.8 Å². The molecule has 208 valence electrons. The van der Waals surface area contributed by atoms with Gasteiger partial charge in [-0.05, 0) is 63.6 Å². The number of imidazole rings is 1. The van der Waals surface area contributed by atoms with Crippen LogP contribution in [0.4, 0.5) is 9.59 Å². The number of likely N-dealkylation sites (tertiary alicyclic amines) is 1. The topological polar surface area (TPSA) is 142 Å². The number of hydrogen-bond acceptors (Lipinski definition) is 7. The maximum atomic E-state index is 13.2. The van der Waals surface area contributed by atoms with E-state index in [1.807, 2.05) is 39.0 Å². The fraction of sp³-hybridized carbons (Fsp3) is 0.519. The zero-order chi connectivity index (χ0) is 28.1. The quantitative estimate of drug-likeness (QED) is 0.516. The van der Waals surface area contributed by atoms with E-state index in [9.17, 15) is 19.5 Å². The van der Waals surface area contributed by atoms with Crippen LogP contribution < -0.4 is 5.56 Å². The highest BCUT2D eigenvalue weighted by Crippen LogP contribution is 2.38. The molecule has 1 atom stereocenters. The maximum Gasteiger partial charge on any atom is 0.410 e. The number of aliphatic hydroxyl groups is 1. The van der Waals surface area contributed by atoms with Crippen molar-refractivity contribution in [1.29, 1.82) is 0 Å². The smallest absolute Gasteiger partial charge is 0.410 e. The van der Waals surface area contributed by atoms with Gasteiger partial charge in [0, 0.05) is 25.7 Å². The van der Waals surface area contributed by atoms with Gasteiger partial charge in [-0.25, -0.2) is 19.1 Å². The fourth-order valence-electron chi connectivity index (χ4n) is 5.42. The number of fused-ring (bicyclic) bond motifs is 2. The summed E-state index contributed by atoms with van der Waals surface area (Å²) in [6.07, 6.45) is 3.68. The number of piperidine rings is 1. The molecule has 1 aliphatic heterocycles. The van der Waals surface area contributed by atoms with Crippen LogP contribution in [-0.2, 0) is 17.7 Å². The van der Waals surface area contributed by atoms with Gasteiger partial charge in [0.2, 0.25) is 5.65 Å². The van der Waals surface area contributed by atoms with Crippen LogP contribution in [0.25, 0.3) is 16.9 Å². The monoisotopic (exact) mass is 538 g/mol. The third-order valence-corrected chi connectivity index (χ3v) is 7.56. The SMILES string of the molecule is CN(C(=O)OC(C)(C)C)C1CCc2cc(-c3cnc4c(=O)n(CC5(O)CCN(C(=O)O)CC5)cnn34)ccc21. The van der Waals surface area contributed by atoms with Gasteiger partial charge >= 0.3 is 12.2 Å². The average molecular weight is 539 g/mol. The van der Waals surface area contributed by atoms with Crippen molar-refractivity contribution in [2.75, 3.05) is 20.1 Å². The summed E-state index contributed by atoms with van der Waals surface area (Å²) in [6.45, 7) is 5.96. The van der Waals surface area contributed by atoms with Gasteiger partial charge in [-0.15, -0.1) is 0 Å². The molecule has 12 heteroatoms. The van der Waals surface area contributed by atoms with Gasteiger partial charge in [-0.1, -0.05) is 12.1 Å². The molecule has 0 spiro atoms. The molecule has 1 aromatic carbocycles. The van der Waals surface area contributed by atoms with E-state index in [4.69, 9.17) is 9.84 Å². The number of aromatic nitrogens is 4. The highest BCUT2D eigenvalue weighted by atomic mass is 16.6. The zero-order valence-corrected chi connectivity index (χ0v) is 22.6. The molecule has 1 fully saturated rings. The standard InChI is InChI=1S/C27H34N6O6/c1-26(2,3)39-25(37)30(4)20-8-6-17-13-18(5-7-19(17)20)21-14-28-22-23(34)32(16-29-33(21)22)15-27(38)9-11-31(12-10-27)24(35)36/h5,7,13-14,16,20,38H,6,8-12,15H2,1-4H3,(H,35,36). The summed E-state index contributed by atoms with van der Waals surface area (Å²) in [6, 6.07) is 5.91. The summed E-state index contributed by atoms with van der Waals surface area (Å²) in [5.41, 5.74) is 1.69. The van der Waals surface area contributed by atoms with Crippen molar-refractivity contribution in [2.45, 2.75) is 70.2 Å². The first kappa shape index (κ1) is 26.7. The number of carbonyl (C=O) groups is 2. The van der Waals surface area contributed by atoms with E-state index in [1.54, 1.807) is 18.1 Å². The number of carbonyl (C=O) groups excluding carboxylic acids is 1. The highest BCUT2D eigenvalue weighted by Gasteiger charge is 2.35. The van der Waals surface area contributed by atoms with Gasteiger partial charge in [0.25, 0.3) is 5.56 Å². The van der Waals surface area contributed by atoms with Crippen molar-refractivity contribution < 1.29 is 24.5 Å². The van der Waals surface area contributed by atoms with Crippen LogP contribution in [0.3, 0.4) is 0 Å². The normalized spacial score (nSPS) is 18.7. The molecule has 39 heavy (non-hydrogen) atoms. The molecule has 5 rings (SSSR count). The lowest BCUT2D eigenvalue weighted by Crippen LogP contribution is -2.49. The number of benzene rings is 1. The van der Waals surface area contributed by atoms with Crippen LogP contribution >= 0.6 is 0 Å². The Hall–Kier alpha value is -3.93. The Bertz CT molecular complexity index is 1480. The van der Waals surface area contributed by atoms with E-state index in [2.05, 4.69) is 10.1 Å². The van der Waals surface area contributed by atoms with Crippen molar-refractivity contribution in [3.8, 4) is 11.3 Å². The average Bonchev–Trinajstić information content (AvgIpc) is 3.49. The van der Waals surface area contributed by atoms with Crippen molar-refractivity contribution in [3.63, 3.8) is 0 Å². The molecule has 2 aliphatic rings. The Labute approximate surface area is 225 Å². The highest BCUT2D eigenvalue weighted by molar-refractivity contribution is 5.70. The summed E-state index contributed by atoms with van der Waals surface area (Å²) in [5, 5.41) is 24.6. The van der Waals surface area contributed by atoms with Crippen LogP contribution in [0.1, 0.15) is 57.2 Å². The van der Waals surface area contributed by atoms with Gasteiger partial charge < -0.3 is 24.7 Å². The number of hydrogen-bond donors (Lipinski definition) is 2. The summed E-state index contributed by atoms with van der Waals surface area (Å²) in [7, 11) is 1.76. The Morgan fingerprint density at radius 3 is 2.62 bits per heavy atom. The lowest BCUT2D eigenvalue weighted by Gasteiger charge is -2.37. The van der Waals surface area contributed by atoms with Gasteiger partial charge in [0.05, 0.1) is 30.1 Å². The van der Waals surface area contributed by atoms with Crippen molar-refractivity contribution in [2.24, 2.45) is 0 Å². The second-order valence-electron chi connectivity index (χ2n) is 11.5. The number of nitrogens with zero attached hydrogens (tertiary/aromatic N) is 6. The number of rotatable bonds is 4. The molecule has 1 unspecified atom stereocenters. The first-order chi connectivity index (χ1) is 18.3. The van der Waals surface area contributed by atoms with Crippen molar-refractivity contribution in [1.82, 2.24) is 29.0 Å². The first-order valence-electron chi connectivity index (χ1n) is 13.1. The first-order valence-corrected chi connectivity index (χ1v) is 13.1. The van der Waals surface area contributed by atoms with Gasteiger partial charge in [-0.3, -0.25) is 9.36 Å². The van der Waals surface area contributed by atoms with E-state index in [0.717, 1.165) is 29.5 Å². The van der Waals surface area contributed by atoms with E-state index in [1.165, 1.54) is 20.3 Å². The largest absolute Gasteiger partial charge is 0.465 e.